The summed E-state index contributed by atoms with van der Waals surface area (Å²) in [6.45, 7) is 6.09. The summed E-state index contributed by atoms with van der Waals surface area (Å²) in [6, 6.07) is 9.39. The number of aryl methyl sites for hydroxylation is 1. The van der Waals surface area contributed by atoms with Crippen molar-refractivity contribution >= 4 is 12.4 Å². The second kappa shape index (κ2) is 7.59. The summed E-state index contributed by atoms with van der Waals surface area (Å²) in [5, 5.41) is 3.49. The summed E-state index contributed by atoms with van der Waals surface area (Å²) in [5.74, 6) is 0. The van der Waals surface area contributed by atoms with Gasteiger partial charge in [-0.25, -0.2) is 4.98 Å². The van der Waals surface area contributed by atoms with Crippen LogP contribution in [0.5, 0.6) is 0 Å². The Morgan fingerprint density at radius 3 is 2.81 bits per heavy atom. The van der Waals surface area contributed by atoms with Crippen molar-refractivity contribution in [3.05, 3.63) is 53.7 Å². The SMILES string of the molecule is CCc1ccc(C2CNCCN2Cc2cocn2)cc1.Cl. The van der Waals surface area contributed by atoms with Crippen molar-refractivity contribution in [2.75, 3.05) is 19.6 Å². The van der Waals surface area contributed by atoms with E-state index in [-0.39, 0.29) is 12.4 Å². The minimum atomic E-state index is 0. The Kier molecular flexibility index (Phi) is 5.79. The predicted molar refractivity (Wildman–Crippen MR) is 85.6 cm³/mol. The maximum absolute atomic E-state index is 5.07. The van der Waals surface area contributed by atoms with E-state index >= 15 is 0 Å². The van der Waals surface area contributed by atoms with Crippen molar-refractivity contribution in [1.29, 1.82) is 0 Å². The third kappa shape index (κ3) is 3.84. The van der Waals surface area contributed by atoms with Gasteiger partial charge in [0, 0.05) is 32.2 Å². The van der Waals surface area contributed by atoms with Crippen molar-refractivity contribution < 1.29 is 4.42 Å². The molecule has 114 valence electrons. The van der Waals surface area contributed by atoms with Crippen LogP contribution in [-0.4, -0.2) is 29.5 Å². The molecule has 1 N–H and O–H groups in total. The van der Waals surface area contributed by atoms with Crippen molar-refractivity contribution in [3.8, 4) is 0 Å². The number of hydrogen-bond donors (Lipinski definition) is 1. The van der Waals surface area contributed by atoms with Crippen molar-refractivity contribution in [2.24, 2.45) is 0 Å². The highest BCUT2D eigenvalue weighted by molar-refractivity contribution is 5.85. The first kappa shape index (κ1) is 16.0. The van der Waals surface area contributed by atoms with Crippen LogP contribution in [0.25, 0.3) is 0 Å². The van der Waals surface area contributed by atoms with Crippen molar-refractivity contribution in [1.82, 2.24) is 15.2 Å². The van der Waals surface area contributed by atoms with Gasteiger partial charge in [0.05, 0.1) is 5.69 Å². The zero-order valence-corrected chi connectivity index (χ0v) is 13.1. The molecule has 3 rings (SSSR count). The first-order chi connectivity index (χ1) is 9.86. The lowest BCUT2D eigenvalue weighted by Crippen LogP contribution is -2.45. The van der Waals surface area contributed by atoms with Crippen LogP contribution in [0.2, 0.25) is 0 Å². The van der Waals surface area contributed by atoms with Crippen molar-refractivity contribution in [2.45, 2.75) is 25.9 Å². The Morgan fingerprint density at radius 2 is 2.14 bits per heavy atom. The van der Waals surface area contributed by atoms with E-state index in [0.29, 0.717) is 6.04 Å². The molecule has 0 aliphatic carbocycles. The third-order valence-corrected chi connectivity index (χ3v) is 3.98. The first-order valence-electron chi connectivity index (χ1n) is 7.27. The minimum Gasteiger partial charge on any atom is -0.451 e. The molecular weight excluding hydrogens is 286 g/mol. The van der Waals surface area contributed by atoms with Gasteiger partial charge in [0.15, 0.2) is 6.39 Å². The Hall–Kier alpha value is -1.36. The van der Waals surface area contributed by atoms with Gasteiger partial charge in [-0.1, -0.05) is 31.2 Å². The van der Waals surface area contributed by atoms with E-state index in [9.17, 15) is 0 Å². The molecule has 1 unspecified atom stereocenters. The van der Waals surface area contributed by atoms with E-state index < -0.39 is 0 Å². The number of hydrogen-bond acceptors (Lipinski definition) is 4. The van der Waals surface area contributed by atoms with E-state index in [4.69, 9.17) is 4.42 Å². The molecule has 0 radical (unpaired) electrons. The summed E-state index contributed by atoms with van der Waals surface area (Å²) < 4.78 is 5.07. The van der Waals surface area contributed by atoms with Gasteiger partial charge >= 0.3 is 0 Å². The number of piperazine rings is 1. The fourth-order valence-electron chi connectivity index (χ4n) is 2.76. The maximum atomic E-state index is 5.07. The van der Waals surface area contributed by atoms with Crippen LogP contribution >= 0.6 is 12.4 Å². The topological polar surface area (TPSA) is 41.3 Å². The lowest BCUT2D eigenvalue weighted by atomic mass is 10.0. The molecule has 21 heavy (non-hydrogen) atoms. The molecule has 1 atom stereocenters. The predicted octanol–water partition coefficient (Wildman–Crippen LogP) is 2.81. The fourth-order valence-corrected chi connectivity index (χ4v) is 2.76. The molecule has 1 aliphatic rings. The van der Waals surface area contributed by atoms with Crippen molar-refractivity contribution in [3.63, 3.8) is 0 Å². The Bertz CT molecular complexity index is 527. The molecule has 0 amide bonds. The molecule has 1 aromatic carbocycles. The van der Waals surface area contributed by atoms with Crippen LogP contribution in [0, 0.1) is 0 Å². The second-order valence-corrected chi connectivity index (χ2v) is 5.27. The minimum absolute atomic E-state index is 0. The monoisotopic (exact) mass is 307 g/mol. The zero-order chi connectivity index (χ0) is 13.8. The fraction of sp³-hybridized carbons (Fsp3) is 0.438. The lowest BCUT2D eigenvalue weighted by molar-refractivity contribution is 0.152. The van der Waals surface area contributed by atoms with Gasteiger partial charge in [-0.05, 0) is 17.5 Å². The van der Waals surface area contributed by atoms with E-state index in [1.807, 2.05) is 0 Å². The summed E-state index contributed by atoms with van der Waals surface area (Å²) in [6.07, 6.45) is 4.33. The molecule has 4 nitrogen and oxygen atoms in total. The van der Waals surface area contributed by atoms with Gasteiger partial charge in [-0.15, -0.1) is 12.4 Å². The quantitative estimate of drug-likeness (QED) is 0.943. The van der Waals surface area contributed by atoms with E-state index in [1.54, 1.807) is 6.26 Å². The van der Waals surface area contributed by atoms with Crippen LogP contribution in [0.3, 0.4) is 0 Å². The molecule has 2 aromatic rings. The van der Waals surface area contributed by atoms with Gasteiger partial charge in [-0.3, -0.25) is 4.90 Å². The summed E-state index contributed by atoms with van der Waals surface area (Å²) in [7, 11) is 0. The van der Waals surface area contributed by atoms with Crippen LogP contribution in [-0.2, 0) is 13.0 Å². The highest BCUT2D eigenvalue weighted by Gasteiger charge is 2.24. The van der Waals surface area contributed by atoms with Gasteiger partial charge < -0.3 is 9.73 Å². The average molecular weight is 308 g/mol. The molecule has 1 aromatic heterocycles. The number of nitrogens with zero attached hydrogens (tertiary/aromatic N) is 2. The number of oxazole rings is 1. The third-order valence-electron chi connectivity index (χ3n) is 3.98. The molecular formula is C16H22ClN3O. The van der Waals surface area contributed by atoms with E-state index in [1.165, 1.54) is 17.5 Å². The molecule has 5 heteroatoms. The van der Waals surface area contributed by atoms with Crippen LogP contribution in [0.15, 0.2) is 41.3 Å². The van der Waals surface area contributed by atoms with Crippen LogP contribution in [0.4, 0.5) is 0 Å². The van der Waals surface area contributed by atoms with Crippen LogP contribution in [0.1, 0.15) is 29.8 Å². The molecule has 0 saturated carbocycles. The lowest BCUT2D eigenvalue weighted by Gasteiger charge is -2.36. The Labute approximate surface area is 132 Å². The van der Waals surface area contributed by atoms with Gasteiger partial charge in [0.2, 0.25) is 0 Å². The van der Waals surface area contributed by atoms with Crippen LogP contribution < -0.4 is 5.32 Å². The summed E-state index contributed by atoms with van der Waals surface area (Å²) in [4.78, 5) is 6.70. The smallest absolute Gasteiger partial charge is 0.180 e. The molecule has 1 aliphatic heterocycles. The van der Waals surface area contributed by atoms with Gasteiger partial charge in [-0.2, -0.15) is 0 Å². The number of halogens is 1. The second-order valence-electron chi connectivity index (χ2n) is 5.27. The first-order valence-corrected chi connectivity index (χ1v) is 7.27. The number of rotatable bonds is 4. The Balaban J connectivity index is 0.00000161. The van der Waals surface area contributed by atoms with E-state index in [2.05, 4.69) is 46.4 Å². The Morgan fingerprint density at radius 1 is 1.33 bits per heavy atom. The molecule has 2 heterocycles. The molecule has 0 spiro atoms. The van der Waals surface area contributed by atoms with Gasteiger partial charge in [0.1, 0.15) is 6.26 Å². The standard InChI is InChI=1S/C16H21N3O.ClH/c1-2-13-3-5-14(6-4-13)16-9-17-7-8-19(16)10-15-11-20-12-18-15;/h3-6,11-12,16-17H,2,7-10H2,1H3;1H. The number of nitrogens with one attached hydrogen (secondary N) is 1. The van der Waals surface area contributed by atoms with Gasteiger partial charge in [0.25, 0.3) is 0 Å². The van der Waals surface area contributed by atoms with E-state index in [0.717, 1.165) is 38.3 Å². The number of aromatic nitrogens is 1. The average Bonchev–Trinajstić information content (AvgIpc) is 3.01. The largest absolute Gasteiger partial charge is 0.451 e. The normalized spacial score (nSPS) is 19.2. The number of benzene rings is 1. The molecule has 1 fully saturated rings. The molecule has 1 saturated heterocycles. The summed E-state index contributed by atoms with van der Waals surface area (Å²) >= 11 is 0. The highest BCUT2D eigenvalue weighted by atomic mass is 35.5. The summed E-state index contributed by atoms with van der Waals surface area (Å²) in [5.41, 5.74) is 3.76. The molecule has 0 bridgehead atoms. The maximum Gasteiger partial charge on any atom is 0.180 e. The highest BCUT2D eigenvalue weighted by Crippen LogP contribution is 2.24. The zero-order valence-electron chi connectivity index (χ0n) is 12.3.